The highest BCUT2D eigenvalue weighted by atomic mass is 19.4. The van der Waals surface area contributed by atoms with Crippen molar-refractivity contribution in [3.8, 4) is 0 Å². The molecule has 7 N–H and O–H groups in total. The van der Waals surface area contributed by atoms with E-state index in [9.17, 15) is 22.8 Å². The number of oxazole rings is 1. The van der Waals surface area contributed by atoms with Gasteiger partial charge in [-0.15, -0.1) is 0 Å². The van der Waals surface area contributed by atoms with Crippen LogP contribution in [0.5, 0.6) is 0 Å². The molecule has 0 aliphatic carbocycles. The number of benzene rings is 3. The van der Waals surface area contributed by atoms with Crippen LogP contribution in [0.4, 0.5) is 18.9 Å². The summed E-state index contributed by atoms with van der Waals surface area (Å²) in [6.07, 6.45) is -1.42. The lowest BCUT2D eigenvalue weighted by molar-refractivity contribution is -0.192. The summed E-state index contributed by atoms with van der Waals surface area (Å²) in [5, 5.41) is 15.0. The van der Waals surface area contributed by atoms with Gasteiger partial charge in [0.2, 0.25) is 11.8 Å². The number of carbonyl (C=O) groups is 3. The minimum absolute atomic E-state index is 0.129. The lowest BCUT2D eigenvalue weighted by Gasteiger charge is -2.18. The summed E-state index contributed by atoms with van der Waals surface area (Å²) in [4.78, 5) is 38.9. The number of hydrogen-bond acceptors (Lipinski definition) is 7. The van der Waals surface area contributed by atoms with Crippen LogP contribution in [0.25, 0.3) is 10.8 Å². The Morgan fingerprint density at radius 2 is 1.60 bits per heavy atom. The summed E-state index contributed by atoms with van der Waals surface area (Å²) >= 11 is 0. The fourth-order valence-electron chi connectivity index (χ4n) is 3.97. The van der Waals surface area contributed by atoms with Crippen LogP contribution < -0.4 is 22.1 Å². The zero-order valence-corrected chi connectivity index (χ0v) is 23.0. The minimum atomic E-state index is -5.08. The van der Waals surface area contributed by atoms with Crippen molar-refractivity contribution in [3.05, 3.63) is 96.2 Å². The third-order valence-corrected chi connectivity index (χ3v) is 6.24. The molecule has 43 heavy (non-hydrogen) atoms. The number of aromatic nitrogens is 1. The second kappa shape index (κ2) is 15.5. The molecule has 0 unspecified atom stereocenters. The van der Waals surface area contributed by atoms with Crippen molar-refractivity contribution in [2.24, 2.45) is 11.5 Å². The lowest BCUT2D eigenvalue weighted by atomic mass is 10.0. The van der Waals surface area contributed by atoms with Gasteiger partial charge in [0.25, 0.3) is 5.91 Å². The summed E-state index contributed by atoms with van der Waals surface area (Å²) in [7, 11) is 0. The van der Waals surface area contributed by atoms with E-state index in [4.69, 9.17) is 25.8 Å². The van der Waals surface area contributed by atoms with Crippen molar-refractivity contribution >= 4 is 34.2 Å². The molecule has 10 nitrogen and oxygen atoms in total. The van der Waals surface area contributed by atoms with Gasteiger partial charge in [0, 0.05) is 5.69 Å². The van der Waals surface area contributed by atoms with Gasteiger partial charge in [0.1, 0.15) is 12.3 Å². The van der Waals surface area contributed by atoms with Crippen LogP contribution in [0.1, 0.15) is 47.2 Å². The quantitative estimate of drug-likeness (QED) is 0.167. The number of anilines is 1. The van der Waals surface area contributed by atoms with E-state index < -0.39 is 30.1 Å². The van der Waals surface area contributed by atoms with Crippen LogP contribution in [0.3, 0.4) is 0 Å². The summed E-state index contributed by atoms with van der Waals surface area (Å²) < 4.78 is 37.4. The Balaban J connectivity index is 0.000000646. The van der Waals surface area contributed by atoms with Crippen molar-refractivity contribution in [1.82, 2.24) is 10.3 Å². The maximum Gasteiger partial charge on any atom is 0.490 e. The molecule has 228 valence electrons. The van der Waals surface area contributed by atoms with Crippen molar-refractivity contribution < 1.29 is 37.1 Å². The number of carbonyl (C=O) groups excluding carboxylic acids is 2. The summed E-state index contributed by atoms with van der Waals surface area (Å²) in [5.41, 5.74) is 13.5. The second-order valence-corrected chi connectivity index (χ2v) is 9.51. The van der Waals surface area contributed by atoms with Crippen molar-refractivity contribution in [3.63, 3.8) is 0 Å². The molecule has 3 aromatic carbocycles. The topological polar surface area (TPSA) is 174 Å². The van der Waals surface area contributed by atoms with Gasteiger partial charge in [-0.1, -0.05) is 60.7 Å². The number of nitrogens with two attached hydrogens (primary N) is 2. The van der Waals surface area contributed by atoms with E-state index in [0.29, 0.717) is 37.9 Å². The molecular weight excluding hydrogens is 567 g/mol. The van der Waals surface area contributed by atoms with Crippen LogP contribution in [0, 0.1) is 0 Å². The molecule has 4 rings (SSSR count). The van der Waals surface area contributed by atoms with Crippen LogP contribution in [0.15, 0.2) is 83.5 Å². The molecule has 0 aliphatic heterocycles. The molecule has 0 spiro atoms. The van der Waals surface area contributed by atoms with Crippen molar-refractivity contribution in [2.45, 2.75) is 43.9 Å². The van der Waals surface area contributed by atoms with Crippen molar-refractivity contribution in [1.29, 1.82) is 0 Å². The third-order valence-electron chi connectivity index (χ3n) is 6.24. The monoisotopic (exact) mass is 599 g/mol. The maximum atomic E-state index is 12.9. The highest BCUT2D eigenvalue weighted by Gasteiger charge is 2.38. The van der Waals surface area contributed by atoms with Gasteiger partial charge in [0.05, 0.1) is 6.04 Å². The standard InChI is InChI=1S/C28H31N5O3.C2HF3O2/c29-16-6-11-23(30)26(34)32-24(15-12-19-7-2-1-3-8-19)28-33-25(18-36-28)27(35)31-22-14-13-20-9-4-5-10-21(20)17-22;3-2(4,5)1(6)7/h1-5,7-10,13-14,17-18,23-24H,6,11-12,15-16,29-30H2,(H,31,35)(H,32,34);(H,6,7)/t23-,24-;/m1./s1. The third kappa shape index (κ3) is 10.2. The van der Waals surface area contributed by atoms with E-state index in [0.717, 1.165) is 16.3 Å². The molecule has 0 aliphatic rings. The number of nitrogens with zero attached hydrogens (tertiary/aromatic N) is 1. The highest BCUT2D eigenvalue weighted by Crippen LogP contribution is 2.22. The van der Waals surface area contributed by atoms with E-state index in [1.807, 2.05) is 72.8 Å². The number of carboxylic acids is 1. The molecule has 0 radical (unpaired) electrons. The van der Waals surface area contributed by atoms with Gasteiger partial charge in [-0.05, 0) is 60.7 Å². The number of halogens is 3. The van der Waals surface area contributed by atoms with E-state index in [-0.39, 0.29) is 17.5 Å². The molecule has 0 saturated heterocycles. The Morgan fingerprint density at radius 3 is 2.26 bits per heavy atom. The first-order chi connectivity index (χ1) is 20.5. The first-order valence-electron chi connectivity index (χ1n) is 13.3. The normalized spacial score (nSPS) is 12.5. The molecule has 2 amide bonds. The Hall–Kier alpha value is -4.75. The van der Waals surface area contributed by atoms with E-state index in [1.54, 1.807) is 0 Å². The molecule has 4 aromatic rings. The SMILES string of the molecule is NCCC[C@@H](N)C(=O)N[C@H](CCc1ccccc1)c1nc(C(=O)Nc2ccc3ccccc3c2)co1.O=C(O)C(F)(F)F. The molecular formula is C30H32F3N5O5. The van der Waals surface area contributed by atoms with Gasteiger partial charge in [0.15, 0.2) is 5.69 Å². The molecule has 1 heterocycles. The van der Waals surface area contributed by atoms with Crippen LogP contribution in [-0.2, 0) is 16.0 Å². The molecule has 1 aromatic heterocycles. The van der Waals surface area contributed by atoms with E-state index in [1.165, 1.54) is 6.26 Å². The Kier molecular flexibility index (Phi) is 11.8. The van der Waals surface area contributed by atoms with E-state index in [2.05, 4.69) is 15.6 Å². The number of rotatable bonds is 11. The Bertz CT molecular complexity index is 1510. The fraction of sp³-hybridized carbons (Fsp3) is 0.267. The summed E-state index contributed by atoms with van der Waals surface area (Å²) in [6, 6.07) is 22.3. The number of alkyl halides is 3. The number of aryl methyl sites for hydroxylation is 1. The van der Waals surface area contributed by atoms with Gasteiger partial charge in [-0.2, -0.15) is 13.2 Å². The first-order valence-corrected chi connectivity index (χ1v) is 13.3. The van der Waals surface area contributed by atoms with Crippen LogP contribution in [-0.4, -0.2) is 46.6 Å². The molecule has 2 atom stereocenters. The van der Waals surface area contributed by atoms with Gasteiger partial charge in [-0.3, -0.25) is 9.59 Å². The molecule has 0 fully saturated rings. The molecule has 0 saturated carbocycles. The average Bonchev–Trinajstić information content (AvgIpc) is 3.49. The van der Waals surface area contributed by atoms with Gasteiger partial charge >= 0.3 is 12.1 Å². The fourth-order valence-corrected chi connectivity index (χ4v) is 3.97. The average molecular weight is 600 g/mol. The lowest BCUT2D eigenvalue weighted by Crippen LogP contribution is -2.42. The Morgan fingerprint density at radius 1 is 0.953 bits per heavy atom. The zero-order chi connectivity index (χ0) is 31.4. The Labute approximate surface area is 245 Å². The smallest absolute Gasteiger partial charge is 0.475 e. The number of aliphatic carboxylic acids is 1. The minimum Gasteiger partial charge on any atom is -0.475 e. The largest absolute Gasteiger partial charge is 0.490 e. The molecule has 13 heteroatoms. The first kappa shape index (κ1) is 32.8. The second-order valence-electron chi connectivity index (χ2n) is 9.51. The zero-order valence-electron chi connectivity index (χ0n) is 23.0. The predicted molar refractivity (Wildman–Crippen MR) is 154 cm³/mol. The molecule has 0 bridgehead atoms. The summed E-state index contributed by atoms with van der Waals surface area (Å²) in [5.74, 6) is -3.20. The van der Waals surface area contributed by atoms with Gasteiger partial charge in [-0.25, -0.2) is 9.78 Å². The van der Waals surface area contributed by atoms with Crippen molar-refractivity contribution in [2.75, 3.05) is 11.9 Å². The number of amides is 2. The van der Waals surface area contributed by atoms with Crippen LogP contribution in [0.2, 0.25) is 0 Å². The maximum absolute atomic E-state index is 12.9. The number of carboxylic acid groups (broad SMARTS) is 1. The number of hydrogen-bond donors (Lipinski definition) is 5. The highest BCUT2D eigenvalue weighted by molar-refractivity contribution is 6.03. The predicted octanol–water partition coefficient (Wildman–Crippen LogP) is 4.57. The van der Waals surface area contributed by atoms with Gasteiger partial charge < -0.3 is 31.6 Å². The number of fused-ring (bicyclic) bond motifs is 1. The number of nitrogens with one attached hydrogen (secondary N) is 2. The summed E-state index contributed by atoms with van der Waals surface area (Å²) in [6.45, 7) is 0.466. The van der Waals surface area contributed by atoms with E-state index >= 15 is 0 Å². The van der Waals surface area contributed by atoms with Crippen LogP contribution >= 0.6 is 0 Å².